The Hall–Kier alpha value is -1.97. The second-order valence-corrected chi connectivity index (χ2v) is 14.0. The molecule has 0 aromatic heterocycles. The standard InChI is InChI=1S/2C15H23BO2/c2*1-11-5-14-8-15(4,7-11)10-16(9-14)17-12(2)6-13(3)18-16/h2*6-7,14H,5,8-10H2,1-4H3/t2*14-,15+/m11/s1. The van der Waals surface area contributed by atoms with Gasteiger partial charge in [0.15, 0.2) is 0 Å². The van der Waals surface area contributed by atoms with Gasteiger partial charge in [-0.05, 0) is 89.5 Å². The van der Waals surface area contributed by atoms with Gasteiger partial charge in [-0.1, -0.05) is 49.0 Å². The molecule has 6 atom stereocenters. The third-order valence-corrected chi connectivity index (χ3v) is 9.28. The van der Waals surface area contributed by atoms with Gasteiger partial charge in [0, 0.05) is 13.8 Å². The molecule has 4 aliphatic heterocycles. The summed E-state index contributed by atoms with van der Waals surface area (Å²) < 4.78 is 24.7. The Morgan fingerprint density at radius 1 is 0.694 bits per heavy atom. The first-order chi connectivity index (χ1) is 16.8. The van der Waals surface area contributed by atoms with Crippen molar-refractivity contribution >= 4 is 24.7 Å². The van der Waals surface area contributed by atoms with Crippen LogP contribution in [-0.4, -0.2) is 24.7 Å². The summed E-state index contributed by atoms with van der Waals surface area (Å²) in [7, 11) is 0. The number of allylic oxidation sites excluding steroid dienone is 8. The fourth-order valence-corrected chi connectivity index (χ4v) is 9.49. The van der Waals surface area contributed by atoms with Crippen molar-refractivity contribution in [3.63, 3.8) is 0 Å². The zero-order chi connectivity index (χ0) is 25.9. The molecule has 4 heterocycles. The summed E-state index contributed by atoms with van der Waals surface area (Å²) in [6.45, 7) is 15.1. The number of hydrogen-bond acceptors (Lipinski definition) is 2. The molecule has 4 nitrogen and oxygen atoms in total. The molecule has 4 bridgehead atoms. The van der Waals surface area contributed by atoms with Crippen molar-refractivity contribution in [1.82, 2.24) is 0 Å². The van der Waals surface area contributed by atoms with Gasteiger partial charge < -0.3 is 18.0 Å². The molecule has 0 aromatic carbocycles. The Labute approximate surface area is 218 Å². The first-order valence-electron chi connectivity index (χ1n) is 14.3. The van der Waals surface area contributed by atoms with Crippen LogP contribution >= 0.6 is 0 Å². The van der Waals surface area contributed by atoms with Crippen molar-refractivity contribution in [1.29, 1.82) is 0 Å². The van der Waals surface area contributed by atoms with Gasteiger partial charge in [0.25, 0.3) is 0 Å². The quantitative estimate of drug-likeness (QED) is 0.197. The van der Waals surface area contributed by atoms with E-state index >= 15 is 0 Å². The molecule has 0 aromatic rings. The molecule has 2 aliphatic carbocycles. The highest BCUT2D eigenvalue weighted by molar-refractivity contribution is 6.67. The number of rotatable bonds is 0. The molecule has 2 spiro atoms. The molecule has 0 unspecified atom stereocenters. The maximum atomic E-state index is 6.17. The molecule has 2 fully saturated rings. The van der Waals surface area contributed by atoms with E-state index in [4.69, 9.17) is 18.0 Å². The van der Waals surface area contributed by atoms with E-state index in [1.54, 1.807) is 11.1 Å². The monoisotopic (exact) mass is 492 g/mol. The zero-order valence-electron chi connectivity index (χ0n) is 23.9. The fraction of sp³-hybridized carbons (Fsp3) is 0.667. The van der Waals surface area contributed by atoms with Crippen molar-refractivity contribution in [2.45, 2.75) is 106 Å². The Balaban J connectivity index is 0.000000148. The van der Waals surface area contributed by atoms with Gasteiger partial charge in [-0.2, -0.15) is 0 Å². The lowest BCUT2D eigenvalue weighted by atomic mass is 9.37. The highest BCUT2D eigenvalue weighted by Gasteiger charge is 2.57. The zero-order valence-corrected chi connectivity index (χ0v) is 23.9. The van der Waals surface area contributed by atoms with Crippen LogP contribution in [0.5, 0.6) is 0 Å². The van der Waals surface area contributed by atoms with E-state index < -0.39 is 13.1 Å². The van der Waals surface area contributed by atoms with Crippen LogP contribution < -0.4 is 0 Å². The normalized spacial score (nSPS) is 42.9. The predicted molar refractivity (Wildman–Crippen MR) is 151 cm³/mol. The lowest BCUT2D eigenvalue weighted by Gasteiger charge is -2.48. The first kappa shape index (κ1) is 25.7. The van der Waals surface area contributed by atoms with Crippen molar-refractivity contribution < 1.29 is 18.0 Å². The molecule has 6 heteroatoms. The van der Waals surface area contributed by atoms with Gasteiger partial charge in [-0.15, -0.1) is 0 Å². The van der Waals surface area contributed by atoms with E-state index in [1.165, 1.54) is 25.7 Å². The molecule has 0 N–H and O–H groups in total. The number of carbonyl (C=O) groups excluding carboxylic acids is 2. The minimum atomic E-state index is -1.14. The Kier molecular flexibility index (Phi) is 6.28. The third kappa shape index (κ3) is 5.34. The van der Waals surface area contributed by atoms with Crippen molar-refractivity contribution in [2.24, 2.45) is 22.7 Å². The van der Waals surface area contributed by atoms with Gasteiger partial charge >= 0.3 is 13.1 Å². The molecule has 0 radical (unpaired) electrons. The average molecular weight is 492 g/mol. The lowest BCUT2D eigenvalue weighted by Crippen LogP contribution is -2.52. The van der Waals surface area contributed by atoms with E-state index in [0.717, 1.165) is 60.2 Å². The Morgan fingerprint density at radius 3 is 1.42 bits per heavy atom. The minimum absolute atomic E-state index is 0.267. The predicted octanol–water partition coefficient (Wildman–Crippen LogP) is 7.73. The van der Waals surface area contributed by atoms with E-state index in [0.29, 0.717) is 0 Å². The molecular formula is C30H46B2O4. The maximum Gasteiger partial charge on any atom is 0.591 e. The number of hydrogen-bond donors (Lipinski definition) is 0. The van der Waals surface area contributed by atoms with Crippen LogP contribution in [0.1, 0.15) is 81.1 Å². The highest BCUT2D eigenvalue weighted by Crippen LogP contribution is 2.53. The lowest BCUT2D eigenvalue weighted by molar-refractivity contribution is -0.338. The van der Waals surface area contributed by atoms with Crippen LogP contribution in [0.25, 0.3) is 0 Å². The van der Waals surface area contributed by atoms with Crippen LogP contribution in [0.2, 0.25) is 25.3 Å². The van der Waals surface area contributed by atoms with E-state index in [1.807, 2.05) is 39.8 Å². The summed E-state index contributed by atoms with van der Waals surface area (Å²) in [5, 5.41) is 0. The van der Waals surface area contributed by atoms with Gasteiger partial charge in [-0.3, -0.25) is 0 Å². The van der Waals surface area contributed by atoms with Crippen LogP contribution in [0.3, 0.4) is 0 Å². The molecule has 0 amide bonds. The van der Waals surface area contributed by atoms with Crippen molar-refractivity contribution in [2.75, 3.05) is 0 Å². The van der Waals surface area contributed by atoms with Crippen LogP contribution in [-0.2, 0) is 18.0 Å². The van der Waals surface area contributed by atoms with Crippen LogP contribution in [0, 0.1) is 22.7 Å². The Morgan fingerprint density at radius 2 is 1.08 bits per heavy atom. The number of ketones is 2. The Bertz CT molecular complexity index is 1040. The van der Waals surface area contributed by atoms with Crippen molar-refractivity contribution in [3.05, 3.63) is 47.0 Å². The largest absolute Gasteiger partial charge is 0.637 e. The second kappa shape index (κ2) is 8.81. The topological polar surface area (TPSA) is 41.1 Å². The second-order valence-electron chi connectivity index (χ2n) is 14.0. The summed E-state index contributed by atoms with van der Waals surface area (Å²) in [4.78, 5) is 0. The van der Waals surface area contributed by atoms with E-state index in [9.17, 15) is 0 Å². The molecule has 2 saturated heterocycles. The SMILES string of the molecule is CC1=C[C@@]2(C)C[C@@H](C1)C[B@-]1(C2)OC(C)=CC(C)=[O+]1.CC1=C[C@@]2(C)C[C@@H](C1)C[B@@-]1(C2)OC(C)=CC(C)=[O+]1. The first-order valence-corrected chi connectivity index (χ1v) is 14.3. The summed E-state index contributed by atoms with van der Waals surface area (Å²) in [6, 6.07) is 0. The summed E-state index contributed by atoms with van der Waals surface area (Å²) in [6.07, 6.45) is 18.2. The van der Waals surface area contributed by atoms with E-state index in [2.05, 4.69) is 39.8 Å². The fourth-order valence-electron chi connectivity index (χ4n) is 9.49. The molecule has 0 saturated carbocycles. The van der Waals surface area contributed by atoms with Gasteiger partial charge in [0.1, 0.15) is 0 Å². The smallest absolute Gasteiger partial charge is 0.591 e. The van der Waals surface area contributed by atoms with Gasteiger partial charge in [-0.25, -0.2) is 0 Å². The third-order valence-electron chi connectivity index (χ3n) is 9.28. The minimum Gasteiger partial charge on any atom is -0.637 e. The van der Waals surface area contributed by atoms with Crippen molar-refractivity contribution in [3.8, 4) is 0 Å². The molecule has 196 valence electrons. The van der Waals surface area contributed by atoms with Crippen LogP contribution in [0.4, 0.5) is 0 Å². The maximum absolute atomic E-state index is 6.17. The summed E-state index contributed by atoms with van der Waals surface area (Å²) in [5.74, 6) is 5.52. The molecule has 6 rings (SSSR count). The van der Waals surface area contributed by atoms with E-state index in [-0.39, 0.29) is 10.8 Å². The molecule has 36 heavy (non-hydrogen) atoms. The highest BCUT2D eigenvalue weighted by atomic mass is 16.6. The molecular weight excluding hydrogens is 446 g/mol. The molecule has 6 aliphatic rings. The van der Waals surface area contributed by atoms with Gasteiger partial charge in [0.2, 0.25) is 11.6 Å². The number of fused-ring (bicyclic) bond motifs is 4. The summed E-state index contributed by atoms with van der Waals surface area (Å²) >= 11 is 0. The average Bonchev–Trinajstić information content (AvgIpc) is 2.61. The van der Waals surface area contributed by atoms with Gasteiger partial charge in [0.05, 0.1) is 23.7 Å². The van der Waals surface area contributed by atoms with Crippen LogP contribution in [0.15, 0.2) is 47.0 Å². The summed E-state index contributed by atoms with van der Waals surface area (Å²) in [5.41, 5.74) is 3.62.